The highest BCUT2D eigenvalue weighted by Gasteiger charge is 2.68. The zero-order valence-corrected chi connectivity index (χ0v) is 11.1. The first-order chi connectivity index (χ1) is 9.43. The summed E-state index contributed by atoms with van der Waals surface area (Å²) in [5.74, 6) is 1.87. The van der Waals surface area contributed by atoms with Gasteiger partial charge in [0.2, 0.25) is 0 Å². The molecule has 4 nitrogen and oxygen atoms in total. The van der Waals surface area contributed by atoms with Crippen LogP contribution in [0.4, 0.5) is 0 Å². The van der Waals surface area contributed by atoms with Gasteiger partial charge in [-0.3, -0.25) is 0 Å². The van der Waals surface area contributed by atoms with E-state index in [1.54, 1.807) is 0 Å². The average molecular weight is 256 g/mol. The van der Waals surface area contributed by atoms with Gasteiger partial charge >= 0.3 is 0 Å². The maximum Gasteiger partial charge on any atom is 0.0514 e. The fourth-order valence-corrected chi connectivity index (χ4v) is 6.19. The Bertz CT molecular complexity index is 500. The molecule has 2 aliphatic carbocycles. The van der Waals surface area contributed by atoms with Crippen LogP contribution in [0, 0.1) is 11.8 Å². The molecule has 6 aliphatic rings. The van der Waals surface area contributed by atoms with Crippen molar-refractivity contribution in [3.05, 3.63) is 24.4 Å². The zero-order valence-electron chi connectivity index (χ0n) is 11.1. The molecule has 2 saturated carbocycles. The van der Waals surface area contributed by atoms with E-state index in [1.165, 1.54) is 12.8 Å². The largest absolute Gasteiger partial charge is 0.309 e. The lowest BCUT2D eigenvalue weighted by atomic mass is 9.93. The molecule has 100 valence electrons. The first-order valence-corrected chi connectivity index (χ1v) is 7.83. The summed E-state index contributed by atoms with van der Waals surface area (Å²) in [4.78, 5) is 0. The number of nitrogens with zero attached hydrogens (tertiary/aromatic N) is 4. The Labute approximate surface area is 113 Å². The van der Waals surface area contributed by atoms with Crippen LogP contribution in [-0.2, 0) is 0 Å². The molecular weight excluding hydrogens is 236 g/mol. The van der Waals surface area contributed by atoms with Crippen LogP contribution in [-0.4, -0.2) is 63.8 Å². The third-order valence-corrected chi connectivity index (χ3v) is 6.60. The van der Waals surface area contributed by atoms with E-state index in [1.807, 2.05) is 0 Å². The molecule has 4 heteroatoms. The van der Waals surface area contributed by atoms with E-state index >= 15 is 0 Å². The Kier molecular flexibility index (Phi) is 1.61. The minimum Gasteiger partial charge on any atom is -0.309 e. The smallest absolute Gasteiger partial charge is 0.0514 e. The number of rotatable bonds is 0. The van der Waals surface area contributed by atoms with E-state index in [4.69, 9.17) is 0 Å². The van der Waals surface area contributed by atoms with Gasteiger partial charge in [-0.1, -0.05) is 18.2 Å². The lowest BCUT2D eigenvalue weighted by Gasteiger charge is -2.38. The summed E-state index contributed by atoms with van der Waals surface area (Å²) in [7, 11) is 0. The van der Waals surface area contributed by atoms with Gasteiger partial charge in [-0.15, -0.1) is 0 Å². The predicted molar refractivity (Wildman–Crippen MR) is 71.6 cm³/mol. The predicted octanol–water partition coefficient (Wildman–Crippen LogP) is 0.663. The molecule has 4 fully saturated rings. The molecule has 0 unspecified atom stereocenters. The molecule has 6 atom stereocenters. The molecule has 4 aliphatic heterocycles. The van der Waals surface area contributed by atoms with Gasteiger partial charge in [-0.25, -0.2) is 15.0 Å². The van der Waals surface area contributed by atoms with Crippen molar-refractivity contribution >= 4 is 0 Å². The molecule has 0 bridgehead atoms. The minimum absolute atomic E-state index is 0.803. The van der Waals surface area contributed by atoms with Crippen molar-refractivity contribution < 1.29 is 0 Å². The van der Waals surface area contributed by atoms with Crippen LogP contribution < -0.4 is 0 Å². The second kappa shape index (κ2) is 3.08. The molecule has 19 heavy (non-hydrogen) atoms. The van der Waals surface area contributed by atoms with Gasteiger partial charge in [0.15, 0.2) is 0 Å². The summed E-state index contributed by atoms with van der Waals surface area (Å²) in [6, 6.07) is 3.29. The molecule has 4 heterocycles. The Hall–Kier alpha value is -0.840. The van der Waals surface area contributed by atoms with Crippen LogP contribution in [0.15, 0.2) is 24.4 Å². The molecule has 2 saturated heterocycles. The van der Waals surface area contributed by atoms with Crippen LogP contribution >= 0.6 is 0 Å². The van der Waals surface area contributed by atoms with E-state index in [2.05, 4.69) is 44.5 Å². The summed E-state index contributed by atoms with van der Waals surface area (Å²) in [5, 5.41) is 10.7. The Morgan fingerprint density at radius 3 is 2.00 bits per heavy atom. The standard InChI is InChI=1S/C15H20N4/c1-2-5-17-11-9-13-15-12(18-6-3-7-19(13)18)8-10(14(11)15)16(17)4-1/h1-3,6,10-15H,4-5,7-9H2/t10-,11+,12+,13-,14+,15-/m0/s1. The van der Waals surface area contributed by atoms with Crippen molar-refractivity contribution in [1.29, 1.82) is 0 Å². The van der Waals surface area contributed by atoms with E-state index in [-0.39, 0.29) is 0 Å². The number of hydrogen-bond acceptors (Lipinski definition) is 4. The molecular formula is C15H20N4. The monoisotopic (exact) mass is 256 g/mol. The Balaban J connectivity index is 1.45. The fraction of sp³-hybridized carbons (Fsp3) is 0.733. The normalized spacial score (nSPS) is 54.2. The van der Waals surface area contributed by atoms with E-state index < -0.39 is 0 Å². The van der Waals surface area contributed by atoms with E-state index in [0.717, 1.165) is 55.6 Å². The second-order valence-electron chi connectivity index (χ2n) is 7.00. The van der Waals surface area contributed by atoms with Crippen LogP contribution in [0.3, 0.4) is 0 Å². The van der Waals surface area contributed by atoms with Crippen LogP contribution in [0.2, 0.25) is 0 Å². The topological polar surface area (TPSA) is 13.0 Å². The average Bonchev–Trinajstić information content (AvgIpc) is 3.17. The highest BCUT2D eigenvalue weighted by molar-refractivity contribution is 5.23. The molecule has 0 spiro atoms. The van der Waals surface area contributed by atoms with Gasteiger partial charge in [-0.2, -0.15) is 0 Å². The van der Waals surface area contributed by atoms with Gasteiger partial charge in [0.1, 0.15) is 0 Å². The van der Waals surface area contributed by atoms with Crippen LogP contribution in [0.1, 0.15) is 12.8 Å². The summed E-state index contributed by atoms with van der Waals surface area (Å²) in [6.07, 6.45) is 12.2. The third kappa shape index (κ3) is 0.958. The van der Waals surface area contributed by atoms with Crippen molar-refractivity contribution in [1.82, 2.24) is 20.0 Å². The van der Waals surface area contributed by atoms with Gasteiger partial charge in [0.25, 0.3) is 0 Å². The number of fused-ring (bicyclic) bond motifs is 6. The summed E-state index contributed by atoms with van der Waals surface area (Å²) >= 11 is 0. The van der Waals surface area contributed by atoms with Crippen molar-refractivity contribution in [3.63, 3.8) is 0 Å². The third-order valence-electron chi connectivity index (χ3n) is 6.60. The maximum atomic E-state index is 2.71. The lowest BCUT2D eigenvalue weighted by Crippen LogP contribution is -2.49. The first kappa shape index (κ1) is 9.97. The van der Waals surface area contributed by atoms with Gasteiger partial charge < -0.3 is 5.01 Å². The molecule has 0 N–H and O–H groups in total. The molecule has 0 aromatic heterocycles. The fourth-order valence-electron chi connectivity index (χ4n) is 6.19. The Morgan fingerprint density at radius 2 is 1.21 bits per heavy atom. The summed E-state index contributed by atoms with van der Waals surface area (Å²) < 4.78 is 0. The van der Waals surface area contributed by atoms with Crippen molar-refractivity contribution in [2.75, 3.05) is 19.6 Å². The zero-order chi connectivity index (χ0) is 12.1. The lowest BCUT2D eigenvalue weighted by molar-refractivity contribution is -0.0414. The van der Waals surface area contributed by atoms with E-state index in [9.17, 15) is 0 Å². The van der Waals surface area contributed by atoms with Gasteiger partial charge in [0, 0.05) is 49.9 Å². The highest BCUT2D eigenvalue weighted by atomic mass is 15.7. The van der Waals surface area contributed by atoms with Crippen LogP contribution in [0.5, 0.6) is 0 Å². The number of hydrazine groups is 2. The van der Waals surface area contributed by atoms with Crippen molar-refractivity contribution in [2.24, 2.45) is 11.8 Å². The Morgan fingerprint density at radius 1 is 0.632 bits per heavy atom. The summed E-state index contributed by atoms with van der Waals surface area (Å²) in [5.41, 5.74) is 0. The molecule has 6 rings (SSSR count). The second-order valence-corrected chi connectivity index (χ2v) is 7.00. The minimum atomic E-state index is 0.803. The van der Waals surface area contributed by atoms with Gasteiger partial charge in [0.05, 0.1) is 6.04 Å². The quantitative estimate of drug-likeness (QED) is 0.590. The number of hydrogen-bond donors (Lipinski definition) is 0. The molecule has 0 amide bonds. The van der Waals surface area contributed by atoms with Crippen molar-refractivity contribution in [2.45, 2.75) is 37.0 Å². The van der Waals surface area contributed by atoms with Crippen LogP contribution in [0.25, 0.3) is 0 Å². The maximum absolute atomic E-state index is 2.71. The van der Waals surface area contributed by atoms with Gasteiger partial charge in [-0.05, 0) is 18.8 Å². The van der Waals surface area contributed by atoms with Crippen molar-refractivity contribution in [3.8, 4) is 0 Å². The molecule has 0 aromatic rings. The summed E-state index contributed by atoms with van der Waals surface area (Å²) in [6.45, 7) is 3.47. The highest BCUT2D eigenvalue weighted by Crippen LogP contribution is 2.59. The van der Waals surface area contributed by atoms with E-state index in [0.29, 0.717) is 0 Å². The molecule has 0 aromatic carbocycles. The molecule has 0 radical (unpaired) electrons. The SMILES string of the molecule is C1=CN2[C@@H]3C[C@H]4[C@H]5[C@@H]3[C@H](C[C@H]5N3CC=CCN43)N2C1. The first-order valence-electron chi connectivity index (χ1n) is 7.83.